The summed E-state index contributed by atoms with van der Waals surface area (Å²) in [5.41, 5.74) is 5.46. The van der Waals surface area contributed by atoms with Crippen molar-refractivity contribution in [3.05, 3.63) is 34.4 Å². The van der Waals surface area contributed by atoms with E-state index in [-0.39, 0.29) is 5.69 Å². The van der Waals surface area contributed by atoms with E-state index in [0.29, 0.717) is 5.69 Å². The van der Waals surface area contributed by atoms with Gasteiger partial charge < -0.3 is 5.32 Å². The minimum absolute atomic E-state index is 0.000457. The van der Waals surface area contributed by atoms with Crippen LogP contribution < -0.4 is 16.2 Å². The van der Waals surface area contributed by atoms with E-state index in [1.54, 1.807) is 0 Å². The first-order chi connectivity index (χ1) is 7.13. The number of nitrogens with zero attached hydrogens (tertiary/aromatic N) is 1. The van der Waals surface area contributed by atoms with Crippen LogP contribution in [-0.2, 0) is 0 Å². The van der Waals surface area contributed by atoms with Crippen molar-refractivity contribution in [2.45, 2.75) is 0 Å². The number of hydrogen-bond acceptors (Lipinski definition) is 4. The van der Waals surface area contributed by atoms with Crippen LogP contribution in [0.4, 0.5) is 16.2 Å². The van der Waals surface area contributed by atoms with Crippen molar-refractivity contribution in [3.63, 3.8) is 0 Å². The lowest BCUT2D eigenvalue weighted by atomic mass is 10.3. The van der Waals surface area contributed by atoms with Crippen molar-refractivity contribution in [1.82, 2.24) is 10.7 Å². The van der Waals surface area contributed by atoms with Gasteiger partial charge in [-0.1, -0.05) is 0 Å². The maximum absolute atomic E-state index is 10.8. The predicted octanol–water partition coefficient (Wildman–Crippen LogP) is 0.851. The summed E-state index contributed by atoms with van der Waals surface area (Å²) < 4.78 is 0. The maximum atomic E-state index is 10.8. The second-order valence-corrected chi connectivity index (χ2v) is 2.63. The molecule has 0 radical (unpaired) electrons. The minimum Gasteiger partial charge on any atom is -0.340 e. The molecule has 7 heteroatoms. The first kappa shape index (κ1) is 10.8. The number of nitrogens with one attached hydrogen (secondary N) is 3. The number of benzene rings is 1. The zero-order valence-corrected chi connectivity index (χ0v) is 7.98. The van der Waals surface area contributed by atoms with Gasteiger partial charge in [0, 0.05) is 19.2 Å². The van der Waals surface area contributed by atoms with E-state index in [9.17, 15) is 14.9 Å². The molecule has 2 amide bonds. The highest BCUT2D eigenvalue weighted by Gasteiger charge is 2.03. The lowest BCUT2D eigenvalue weighted by Gasteiger charge is -2.06. The van der Waals surface area contributed by atoms with Crippen molar-refractivity contribution in [2.75, 3.05) is 12.5 Å². The number of anilines is 1. The summed E-state index contributed by atoms with van der Waals surface area (Å²) >= 11 is 0. The Bertz CT molecular complexity index is 363. The number of carbonyl (C=O) groups excluding carboxylic acids is 1. The fourth-order valence-electron chi connectivity index (χ4n) is 0.858. The van der Waals surface area contributed by atoms with Gasteiger partial charge in [-0.05, 0) is 12.1 Å². The van der Waals surface area contributed by atoms with E-state index in [1.807, 2.05) is 0 Å². The largest absolute Gasteiger partial charge is 0.340 e. The topological polar surface area (TPSA) is 96.3 Å². The summed E-state index contributed by atoms with van der Waals surface area (Å²) in [5.74, 6) is 0. The molecule has 15 heavy (non-hydrogen) atoms. The third kappa shape index (κ3) is 3.14. The number of urea groups is 1. The third-order valence-electron chi connectivity index (χ3n) is 1.63. The average Bonchev–Trinajstić information content (AvgIpc) is 2.26. The zero-order valence-electron chi connectivity index (χ0n) is 7.98. The quantitative estimate of drug-likeness (QED) is 0.509. The molecule has 0 aliphatic rings. The molecule has 1 rings (SSSR count). The van der Waals surface area contributed by atoms with Crippen molar-refractivity contribution >= 4 is 17.4 Å². The molecule has 1 aromatic rings. The summed E-state index contributed by atoms with van der Waals surface area (Å²) in [5, 5.41) is 12.7. The molecular formula is C8H10N4O3. The maximum Gasteiger partial charge on any atom is 0.333 e. The standard InChI is InChI=1S/C8H10N4O3/c1-9-8(13)11-10-6-2-4-7(5-3-6)12(14)15/h2-5,10H,1H3,(H2,9,11,13). The molecule has 80 valence electrons. The van der Waals surface area contributed by atoms with Crippen LogP contribution in [0.25, 0.3) is 0 Å². The molecule has 0 saturated carbocycles. The predicted molar refractivity (Wildman–Crippen MR) is 54.3 cm³/mol. The Balaban J connectivity index is 2.57. The van der Waals surface area contributed by atoms with Crippen molar-refractivity contribution in [3.8, 4) is 0 Å². The SMILES string of the molecule is CNC(=O)NNc1ccc([N+](=O)[O-])cc1. The third-order valence-corrected chi connectivity index (χ3v) is 1.63. The Morgan fingerprint density at radius 1 is 1.33 bits per heavy atom. The van der Waals surface area contributed by atoms with E-state index in [0.717, 1.165) is 0 Å². The van der Waals surface area contributed by atoms with E-state index in [1.165, 1.54) is 31.3 Å². The van der Waals surface area contributed by atoms with E-state index >= 15 is 0 Å². The molecule has 0 heterocycles. The van der Waals surface area contributed by atoms with Crippen LogP contribution >= 0.6 is 0 Å². The van der Waals surface area contributed by atoms with Crippen molar-refractivity contribution in [2.24, 2.45) is 0 Å². The highest BCUT2D eigenvalue weighted by Crippen LogP contribution is 2.14. The first-order valence-corrected chi connectivity index (χ1v) is 4.11. The number of non-ortho nitro benzene ring substituents is 1. The van der Waals surface area contributed by atoms with Gasteiger partial charge in [0.1, 0.15) is 0 Å². The summed E-state index contributed by atoms with van der Waals surface area (Å²) in [6, 6.07) is 5.28. The Hall–Kier alpha value is -2.31. The lowest BCUT2D eigenvalue weighted by molar-refractivity contribution is -0.384. The Kier molecular flexibility index (Phi) is 3.44. The number of nitro groups is 1. The fraction of sp³-hybridized carbons (Fsp3) is 0.125. The second-order valence-electron chi connectivity index (χ2n) is 2.63. The highest BCUT2D eigenvalue weighted by atomic mass is 16.6. The zero-order chi connectivity index (χ0) is 11.3. The number of hydrogen-bond donors (Lipinski definition) is 3. The van der Waals surface area contributed by atoms with Crippen LogP contribution in [0.5, 0.6) is 0 Å². The van der Waals surface area contributed by atoms with Crippen molar-refractivity contribution < 1.29 is 9.72 Å². The van der Waals surface area contributed by atoms with E-state index in [4.69, 9.17) is 0 Å². The van der Waals surface area contributed by atoms with Gasteiger partial charge in [-0.2, -0.15) is 0 Å². The number of nitro benzene ring substituents is 1. The molecule has 1 aromatic carbocycles. The van der Waals surface area contributed by atoms with Crippen LogP contribution in [0.2, 0.25) is 0 Å². The van der Waals surface area contributed by atoms with Gasteiger partial charge in [-0.25, -0.2) is 4.79 Å². The van der Waals surface area contributed by atoms with E-state index < -0.39 is 11.0 Å². The van der Waals surface area contributed by atoms with Crippen LogP contribution in [0.15, 0.2) is 24.3 Å². The van der Waals surface area contributed by atoms with Gasteiger partial charge in [-0.15, -0.1) is 0 Å². The fourth-order valence-corrected chi connectivity index (χ4v) is 0.858. The highest BCUT2D eigenvalue weighted by molar-refractivity contribution is 5.75. The second kappa shape index (κ2) is 4.80. The molecule has 0 bridgehead atoms. The lowest BCUT2D eigenvalue weighted by Crippen LogP contribution is -2.36. The Morgan fingerprint density at radius 3 is 2.40 bits per heavy atom. The van der Waals surface area contributed by atoms with Gasteiger partial charge in [0.25, 0.3) is 5.69 Å². The van der Waals surface area contributed by atoms with E-state index in [2.05, 4.69) is 16.2 Å². The normalized spacial score (nSPS) is 9.13. The summed E-state index contributed by atoms with van der Waals surface area (Å²) in [7, 11) is 1.48. The van der Waals surface area contributed by atoms with Gasteiger partial charge >= 0.3 is 6.03 Å². The molecule has 0 fully saturated rings. The number of hydrazine groups is 1. The van der Waals surface area contributed by atoms with Gasteiger partial charge in [0.2, 0.25) is 0 Å². The smallest absolute Gasteiger partial charge is 0.333 e. The van der Waals surface area contributed by atoms with Crippen LogP contribution in [-0.4, -0.2) is 18.0 Å². The minimum atomic E-state index is -0.490. The summed E-state index contributed by atoms with van der Waals surface area (Å²) in [6.07, 6.45) is 0. The molecule has 0 spiro atoms. The molecule has 0 saturated heterocycles. The number of amides is 2. The van der Waals surface area contributed by atoms with Gasteiger partial charge in [0.05, 0.1) is 10.6 Å². The average molecular weight is 210 g/mol. The Labute approximate surface area is 85.6 Å². The van der Waals surface area contributed by atoms with Crippen LogP contribution in [0, 0.1) is 10.1 Å². The van der Waals surface area contributed by atoms with Crippen molar-refractivity contribution in [1.29, 1.82) is 0 Å². The van der Waals surface area contributed by atoms with Gasteiger partial charge in [0.15, 0.2) is 0 Å². The molecule has 7 nitrogen and oxygen atoms in total. The Morgan fingerprint density at radius 2 is 1.93 bits per heavy atom. The van der Waals surface area contributed by atoms with Crippen LogP contribution in [0.3, 0.4) is 0 Å². The molecule has 0 unspecified atom stereocenters. The number of rotatable bonds is 3. The molecular weight excluding hydrogens is 200 g/mol. The van der Waals surface area contributed by atoms with Crippen LogP contribution in [0.1, 0.15) is 0 Å². The summed E-state index contributed by atoms with van der Waals surface area (Å²) in [6.45, 7) is 0. The molecule has 0 aliphatic heterocycles. The molecule has 0 atom stereocenters. The monoisotopic (exact) mass is 210 g/mol. The molecule has 3 N–H and O–H groups in total. The summed E-state index contributed by atoms with van der Waals surface area (Å²) in [4.78, 5) is 20.6. The molecule has 0 aliphatic carbocycles. The van der Waals surface area contributed by atoms with Gasteiger partial charge in [-0.3, -0.25) is 21.0 Å². The molecule has 0 aromatic heterocycles. The first-order valence-electron chi connectivity index (χ1n) is 4.11. The number of carbonyl (C=O) groups is 1.